The third kappa shape index (κ3) is 2.90. The molecule has 2 amide bonds. The van der Waals surface area contributed by atoms with Crippen LogP contribution in [0, 0.1) is 5.41 Å². The highest BCUT2D eigenvalue weighted by Gasteiger charge is 2.51. The standard InChI is InChI=1S/C21H25N3O4/c1-22-17-6-4-3-5-15(17)13-16(18(22)25)19(26)24-10-8-21(14-24)7-9-23(20(21)27)11-12-28-2/h3-6,13H,7-12,14H2,1-2H3. The fourth-order valence-corrected chi connectivity index (χ4v) is 4.48. The van der Waals surface area contributed by atoms with Crippen LogP contribution in [0.3, 0.4) is 0 Å². The molecule has 2 aromatic rings. The minimum Gasteiger partial charge on any atom is -0.383 e. The van der Waals surface area contributed by atoms with Crippen molar-refractivity contribution in [2.24, 2.45) is 12.5 Å². The third-order valence-corrected chi connectivity index (χ3v) is 6.17. The number of pyridine rings is 1. The van der Waals surface area contributed by atoms with Crippen molar-refractivity contribution in [1.29, 1.82) is 0 Å². The van der Waals surface area contributed by atoms with E-state index in [1.54, 1.807) is 25.1 Å². The van der Waals surface area contributed by atoms with Gasteiger partial charge in [-0.3, -0.25) is 14.4 Å². The Balaban J connectivity index is 1.58. The number of nitrogens with zero attached hydrogens (tertiary/aromatic N) is 3. The molecule has 2 saturated heterocycles. The molecule has 1 aromatic carbocycles. The van der Waals surface area contributed by atoms with Gasteiger partial charge in [0.2, 0.25) is 5.91 Å². The maximum atomic E-state index is 13.1. The number of aryl methyl sites for hydroxylation is 1. The van der Waals surface area contributed by atoms with Crippen molar-refractivity contribution in [1.82, 2.24) is 14.4 Å². The van der Waals surface area contributed by atoms with Crippen molar-refractivity contribution >= 4 is 22.7 Å². The topological polar surface area (TPSA) is 71.8 Å². The number of amides is 2. The fraction of sp³-hybridized carbons (Fsp3) is 0.476. The van der Waals surface area contributed by atoms with Crippen LogP contribution in [0.1, 0.15) is 23.2 Å². The predicted molar refractivity (Wildman–Crippen MR) is 105 cm³/mol. The molecule has 1 aromatic heterocycles. The van der Waals surface area contributed by atoms with E-state index < -0.39 is 5.41 Å². The second-order valence-corrected chi connectivity index (χ2v) is 7.77. The number of rotatable bonds is 4. The fourth-order valence-electron chi connectivity index (χ4n) is 4.48. The van der Waals surface area contributed by atoms with Crippen molar-refractivity contribution in [3.63, 3.8) is 0 Å². The number of hydrogen-bond acceptors (Lipinski definition) is 4. The average Bonchev–Trinajstić information content (AvgIpc) is 3.28. The smallest absolute Gasteiger partial charge is 0.263 e. The number of likely N-dealkylation sites (tertiary alicyclic amines) is 2. The number of para-hydroxylation sites is 1. The van der Waals surface area contributed by atoms with Crippen LogP contribution < -0.4 is 5.56 Å². The molecule has 28 heavy (non-hydrogen) atoms. The Hall–Kier alpha value is -2.67. The summed E-state index contributed by atoms with van der Waals surface area (Å²) in [6.45, 7) is 2.67. The summed E-state index contributed by atoms with van der Waals surface area (Å²) in [5.74, 6) is -0.183. The number of hydrogen-bond donors (Lipinski definition) is 0. The molecule has 4 rings (SSSR count). The van der Waals surface area contributed by atoms with Gasteiger partial charge < -0.3 is 19.1 Å². The molecule has 3 heterocycles. The SMILES string of the molecule is COCCN1CCC2(CCN(C(=O)c3cc4ccccc4n(C)c3=O)C2)C1=O. The Morgan fingerprint density at radius 1 is 1.18 bits per heavy atom. The lowest BCUT2D eigenvalue weighted by Crippen LogP contribution is -2.40. The van der Waals surface area contributed by atoms with Crippen LogP contribution in [-0.4, -0.2) is 66.1 Å². The molecule has 0 saturated carbocycles. The van der Waals surface area contributed by atoms with E-state index in [2.05, 4.69) is 0 Å². The minimum atomic E-state index is -0.508. The molecule has 0 aliphatic carbocycles. The third-order valence-electron chi connectivity index (χ3n) is 6.17. The van der Waals surface area contributed by atoms with Gasteiger partial charge in [-0.05, 0) is 30.4 Å². The summed E-state index contributed by atoms with van der Waals surface area (Å²) >= 11 is 0. The molecule has 7 heteroatoms. The number of benzene rings is 1. The quantitative estimate of drug-likeness (QED) is 0.797. The van der Waals surface area contributed by atoms with E-state index in [4.69, 9.17) is 4.74 Å². The second-order valence-electron chi connectivity index (χ2n) is 7.77. The van der Waals surface area contributed by atoms with Crippen molar-refractivity contribution in [2.45, 2.75) is 12.8 Å². The highest BCUT2D eigenvalue weighted by atomic mass is 16.5. The normalized spacial score (nSPS) is 22.0. The Labute approximate surface area is 163 Å². The molecule has 0 radical (unpaired) electrons. The first-order valence-electron chi connectivity index (χ1n) is 9.63. The van der Waals surface area contributed by atoms with E-state index in [0.717, 1.165) is 17.3 Å². The number of carbonyl (C=O) groups excluding carboxylic acids is 2. The monoisotopic (exact) mass is 383 g/mol. The zero-order valence-electron chi connectivity index (χ0n) is 16.3. The van der Waals surface area contributed by atoms with Crippen LogP contribution >= 0.6 is 0 Å². The van der Waals surface area contributed by atoms with Gasteiger partial charge in [0.15, 0.2) is 0 Å². The van der Waals surface area contributed by atoms with E-state index >= 15 is 0 Å². The molecule has 7 nitrogen and oxygen atoms in total. The molecular formula is C21H25N3O4. The zero-order valence-corrected chi connectivity index (χ0v) is 16.3. The van der Waals surface area contributed by atoms with Crippen LogP contribution in [0.15, 0.2) is 35.1 Å². The molecule has 148 valence electrons. The van der Waals surface area contributed by atoms with E-state index in [1.165, 1.54) is 4.57 Å². The predicted octanol–water partition coefficient (Wildman–Crippen LogP) is 1.25. The Morgan fingerprint density at radius 2 is 1.93 bits per heavy atom. The van der Waals surface area contributed by atoms with E-state index in [9.17, 15) is 14.4 Å². The van der Waals surface area contributed by atoms with E-state index in [1.807, 2.05) is 29.2 Å². The molecule has 2 aliphatic rings. The highest BCUT2D eigenvalue weighted by molar-refractivity contribution is 5.98. The Morgan fingerprint density at radius 3 is 2.71 bits per heavy atom. The Bertz CT molecular complexity index is 999. The van der Waals surface area contributed by atoms with Gasteiger partial charge in [0.1, 0.15) is 5.56 Å². The molecule has 1 spiro atoms. The van der Waals surface area contributed by atoms with Gasteiger partial charge in [0, 0.05) is 40.3 Å². The molecule has 2 fully saturated rings. The first-order chi connectivity index (χ1) is 13.5. The average molecular weight is 383 g/mol. The van der Waals surface area contributed by atoms with Gasteiger partial charge in [0.25, 0.3) is 11.5 Å². The van der Waals surface area contributed by atoms with Gasteiger partial charge in [-0.15, -0.1) is 0 Å². The van der Waals surface area contributed by atoms with Gasteiger partial charge in [-0.1, -0.05) is 18.2 Å². The van der Waals surface area contributed by atoms with Crippen LogP contribution in [0.4, 0.5) is 0 Å². The van der Waals surface area contributed by atoms with Crippen LogP contribution in [0.25, 0.3) is 10.9 Å². The van der Waals surface area contributed by atoms with Crippen molar-refractivity contribution < 1.29 is 14.3 Å². The summed E-state index contributed by atoms with van der Waals surface area (Å²) in [4.78, 5) is 42.3. The lowest BCUT2D eigenvalue weighted by Gasteiger charge is -2.23. The van der Waals surface area contributed by atoms with Gasteiger partial charge in [-0.25, -0.2) is 0 Å². The van der Waals surface area contributed by atoms with Crippen LogP contribution in [-0.2, 0) is 16.6 Å². The van der Waals surface area contributed by atoms with Crippen LogP contribution in [0.2, 0.25) is 0 Å². The molecule has 0 N–H and O–H groups in total. The highest BCUT2D eigenvalue weighted by Crippen LogP contribution is 2.40. The van der Waals surface area contributed by atoms with Crippen molar-refractivity contribution in [2.75, 3.05) is 39.9 Å². The molecule has 1 atom stereocenters. The number of fused-ring (bicyclic) bond motifs is 1. The van der Waals surface area contributed by atoms with Crippen molar-refractivity contribution in [3.8, 4) is 0 Å². The maximum absolute atomic E-state index is 13.1. The molecule has 2 aliphatic heterocycles. The number of ether oxygens (including phenoxy) is 1. The van der Waals surface area contributed by atoms with Gasteiger partial charge in [-0.2, -0.15) is 0 Å². The summed E-state index contributed by atoms with van der Waals surface area (Å²) in [5.41, 5.74) is 0.150. The van der Waals surface area contributed by atoms with Crippen LogP contribution in [0.5, 0.6) is 0 Å². The van der Waals surface area contributed by atoms with Gasteiger partial charge in [0.05, 0.1) is 17.5 Å². The molecule has 0 bridgehead atoms. The molecule has 1 unspecified atom stereocenters. The number of aromatic nitrogens is 1. The summed E-state index contributed by atoms with van der Waals surface area (Å²) < 4.78 is 6.60. The summed E-state index contributed by atoms with van der Waals surface area (Å²) in [5, 5.41) is 0.851. The van der Waals surface area contributed by atoms with E-state index in [-0.39, 0.29) is 22.9 Å². The summed E-state index contributed by atoms with van der Waals surface area (Å²) in [7, 11) is 3.30. The zero-order chi connectivity index (χ0) is 19.9. The first kappa shape index (κ1) is 18.7. The maximum Gasteiger partial charge on any atom is 0.263 e. The Kier molecular flexibility index (Phi) is 4.71. The van der Waals surface area contributed by atoms with E-state index in [0.29, 0.717) is 39.2 Å². The summed E-state index contributed by atoms with van der Waals surface area (Å²) in [6.07, 6.45) is 1.39. The largest absolute Gasteiger partial charge is 0.383 e. The van der Waals surface area contributed by atoms with Crippen molar-refractivity contribution in [3.05, 3.63) is 46.2 Å². The van der Waals surface area contributed by atoms with Gasteiger partial charge >= 0.3 is 0 Å². The minimum absolute atomic E-state index is 0.103. The summed E-state index contributed by atoms with van der Waals surface area (Å²) in [6, 6.07) is 9.19. The lowest BCUT2D eigenvalue weighted by molar-refractivity contribution is -0.135. The molecular weight excluding hydrogens is 358 g/mol. The first-order valence-corrected chi connectivity index (χ1v) is 9.63. The lowest BCUT2D eigenvalue weighted by atomic mass is 9.85. The number of carbonyl (C=O) groups is 2. The second kappa shape index (κ2) is 7.05. The number of methoxy groups -OCH3 is 1.